The Morgan fingerprint density at radius 1 is 1.44 bits per heavy atom. The smallest absolute Gasteiger partial charge is 0.143 e. The first-order chi connectivity index (χ1) is 8.39. The highest BCUT2D eigenvalue weighted by Gasteiger charge is 2.27. The number of aryl methyl sites for hydroxylation is 1. The van der Waals surface area contributed by atoms with E-state index in [-0.39, 0.29) is 11.6 Å². The topological polar surface area (TPSA) is 38.5 Å². The van der Waals surface area contributed by atoms with Crippen LogP contribution in [-0.4, -0.2) is 24.7 Å². The third-order valence-electron chi connectivity index (χ3n) is 3.23. The average molecular weight is 248 g/mol. The molecule has 1 aliphatic rings. The Balaban J connectivity index is 2.31. The van der Waals surface area contributed by atoms with Crippen LogP contribution < -0.4 is 15.4 Å². The van der Waals surface area contributed by atoms with Gasteiger partial charge in [0.2, 0.25) is 0 Å². The molecule has 1 aromatic carbocycles. The van der Waals surface area contributed by atoms with Crippen LogP contribution in [0.15, 0.2) is 18.2 Å². The summed E-state index contributed by atoms with van der Waals surface area (Å²) < 4.78 is 6.02. The van der Waals surface area contributed by atoms with E-state index in [9.17, 15) is 0 Å². The van der Waals surface area contributed by atoms with Crippen LogP contribution >= 0.6 is 0 Å². The van der Waals surface area contributed by atoms with Crippen LogP contribution in [-0.2, 0) is 0 Å². The van der Waals surface area contributed by atoms with Gasteiger partial charge in [0.15, 0.2) is 0 Å². The molecular weight excluding hydrogens is 224 g/mol. The lowest BCUT2D eigenvalue weighted by molar-refractivity contribution is 0.187. The summed E-state index contributed by atoms with van der Waals surface area (Å²) in [7, 11) is 0. The van der Waals surface area contributed by atoms with Gasteiger partial charge in [-0.15, -0.1) is 0 Å². The fourth-order valence-corrected chi connectivity index (χ4v) is 2.39. The van der Waals surface area contributed by atoms with E-state index < -0.39 is 0 Å². The molecule has 2 N–H and O–H groups in total. The monoisotopic (exact) mass is 248 g/mol. The van der Waals surface area contributed by atoms with Crippen molar-refractivity contribution in [3.63, 3.8) is 0 Å². The van der Waals surface area contributed by atoms with Crippen LogP contribution in [0, 0.1) is 6.92 Å². The second kappa shape index (κ2) is 4.81. The number of anilines is 1. The van der Waals surface area contributed by atoms with Gasteiger partial charge in [-0.3, -0.25) is 0 Å². The van der Waals surface area contributed by atoms with Crippen molar-refractivity contribution in [2.45, 2.75) is 45.8 Å². The Kier molecular flexibility index (Phi) is 3.53. The van der Waals surface area contributed by atoms with Gasteiger partial charge in [0, 0.05) is 12.1 Å². The van der Waals surface area contributed by atoms with Gasteiger partial charge in [0.1, 0.15) is 11.9 Å². The second-order valence-electron chi connectivity index (χ2n) is 5.99. The number of nitrogens with zero attached hydrogens (tertiary/aromatic N) is 1. The molecule has 0 bridgehead atoms. The average Bonchev–Trinajstić information content (AvgIpc) is 2.25. The zero-order valence-corrected chi connectivity index (χ0v) is 11.9. The van der Waals surface area contributed by atoms with Crippen LogP contribution in [0.3, 0.4) is 0 Å². The summed E-state index contributed by atoms with van der Waals surface area (Å²) in [6.07, 6.45) is 1.29. The Bertz CT molecular complexity index is 423. The molecule has 2 rings (SSSR count). The van der Waals surface area contributed by atoms with Crippen molar-refractivity contribution in [3.8, 4) is 5.75 Å². The Hall–Kier alpha value is -1.22. The third kappa shape index (κ3) is 2.96. The first-order valence-corrected chi connectivity index (χ1v) is 6.70. The van der Waals surface area contributed by atoms with Crippen molar-refractivity contribution in [1.82, 2.24) is 0 Å². The number of ether oxygens (including phenoxy) is 1. The number of fused-ring (bicyclic) bond motifs is 1. The van der Waals surface area contributed by atoms with Crippen molar-refractivity contribution >= 4 is 5.69 Å². The summed E-state index contributed by atoms with van der Waals surface area (Å²) in [5.74, 6) is 0.998. The van der Waals surface area contributed by atoms with Gasteiger partial charge in [-0.2, -0.15) is 0 Å². The molecule has 1 atom stereocenters. The summed E-state index contributed by atoms with van der Waals surface area (Å²) in [5.41, 5.74) is 8.37. The Labute approximate surface area is 110 Å². The molecule has 0 radical (unpaired) electrons. The molecule has 100 valence electrons. The molecule has 1 heterocycles. The number of hydrogen-bond donors (Lipinski definition) is 1. The minimum absolute atomic E-state index is 0.197. The maximum absolute atomic E-state index is 6.16. The molecule has 3 heteroatoms. The van der Waals surface area contributed by atoms with E-state index in [1.54, 1.807) is 0 Å². The quantitative estimate of drug-likeness (QED) is 0.894. The van der Waals surface area contributed by atoms with Gasteiger partial charge in [-0.05, 0) is 44.9 Å². The minimum atomic E-state index is -0.197. The standard InChI is InChI=1S/C15H24N2O/c1-5-12-9-17(10-15(3,4)16)13-7-6-11(2)8-14(13)18-12/h6-8,12H,5,9-10,16H2,1-4H3. The highest BCUT2D eigenvalue weighted by atomic mass is 16.5. The molecular formula is C15H24N2O. The predicted molar refractivity (Wildman–Crippen MR) is 76.4 cm³/mol. The zero-order chi connectivity index (χ0) is 13.3. The largest absolute Gasteiger partial charge is 0.486 e. The summed E-state index contributed by atoms with van der Waals surface area (Å²) in [6.45, 7) is 10.2. The van der Waals surface area contributed by atoms with E-state index in [2.05, 4.69) is 50.8 Å². The van der Waals surface area contributed by atoms with E-state index in [0.717, 1.165) is 25.3 Å². The van der Waals surface area contributed by atoms with E-state index in [1.165, 1.54) is 11.3 Å². The van der Waals surface area contributed by atoms with Crippen molar-refractivity contribution in [2.24, 2.45) is 5.73 Å². The second-order valence-corrected chi connectivity index (χ2v) is 5.99. The first-order valence-electron chi connectivity index (χ1n) is 6.70. The van der Waals surface area contributed by atoms with E-state index in [1.807, 2.05) is 0 Å². The van der Waals surface area contributed by atoms with E-state index >= 15 is 0 Å². The maximum Gasteiger partial charge on any atom is 0.143 e. The molecule has 0 spiro atoms. The van der Waals surface area contributed by atoms with Crippen molar-refractivity contribution in [2.75, 3.05) is 18.0 Å². The fraction of sp³-hybridized carbons (Fsp3) is 0.600. The summed E-state index contributed by atoms with van der Waals surface area (Å²) in [5, 5.41) is 0. The van der Waals surface area contributed by atoms with Crippen molar-refractivity contribution in [1.29, 1.82) is 0 Å². The van der Waals surface area contributed by atoms with Gasteiger partial charge in [-0.1, -0.05) is 13.0 Å². The van der Waals surface area contributed by atoms with Gasteiger partial charge in [0.25, 0.3) is 0 Å². The van der Waals surface area contributed by atoms with Crippen LogP contribution in [0.5, 0.6) is 5.75 Å². The minimum Gasteiger partial charge on any atom is -0.486 e. The Morgan fingerprint density at radius 2 is 2.17 bits per heavy atom. The summed E-state index contributed by atoms with van der Waals surface area (Å²) >= 11 is 0. The maximum atomic E-state index is 6.16. The SMILES string of the molecule is CCC1CN(CC(C)(C)N)c2ccc(C)cc2O1. The molecule has 0 saturated heterocycles. The van der Waals surface area contributed by atoms with Gasteiger partial charge in [0.05, 0.1) is 12.2 Å². The Morgan fingerprint density at radius 3 is 2.78 bits per heavy atom. The lowest BCUT2D eigenvalue weighted by Gasteiger charge is -2.39. The predicted octanol–water partition coefficient (Wildman–Crippen LogP) is 2.71. The molecule has 0 saturated carbocycles. The molecule has 3 nitrogen and oxygen atoms in total. The van der Waals surface area contributed by atoms with E-state index in [0.29, 0.717) is 0 Å². The molecule has 1 aliphatic heterocycles. The van der Waals surface area contributed by atoms with Gasteiger partial charge < -0.3 is 15.4 Å². The van der Waals surface area contributed by atoms with Crippen LogP contribution in [0.1, 0.15) is 32.8 Å². The van der Waals surface area contributed by atoms with Crippen LogP contribution in [0.2, 0.25) is 0 Å². The molecule has 1 unspecified atom stereocenters. The van der Waals surface area contributed by atoms with Gasteiger partial charge >= 0.3 is 0 Å². The fourth-order valence-electron chi connectivity index (χ4n) is 2.39. The first kappa shape index (κ1) is 13.2. The molecule has 0 aliphatic carbocycles. The summed E-state index contributed by atoms with van der Waals surface area (Å²) in [6, 6.07) is 6.39. The van der Waals surface area contributed by atoms with E-state index in [4.69, 9.17) is 10.5 Å². The number of nitrogens with two attached hydrogens (primary N) is 1. The lowest BCUT2D eigenvalue weighted by atomic mass is 10.0. The molecule has 18 heavy (non-hydrogen) atoms. The van der Waals surface area contributed by atoms with Gasteiger partial charge in [-0.25, -0.2) is 0 Å². The normalized spacial score (nSPS) is 19.4. The van der Waals surface area contributed by atoms with Crippen molar-refractivity contribution < 1.29 is 4.74 Å². The van der Waals surface area contributed by atoms with Crippen LogP contribution in [0.4, 0.5) is 5.69 Å². The lowest BCUT2D eigenvalue weighted by Crippen LogP contribution is -2.50. The number of rotatable bonds is 3. The van der Waals surface area contributed by atoms with Crippen molar-refractivity contribution in [3.05, 3.63) is 23.8 Å². The highest BCUT2D eigenvalue weighted by Crippen LogP contribution is 2.35. The zero-order valence-electron chi connectivity index (χ0n) is 11.9. The highest BCUT2D eigenvalue weighted by molar-refractivity contribution is 5.61. The summed E-state index contributed by atoms with van der Waals surface area (Å²) in [4.78, 5) is 2.35. The number of hydrogen-bond acceptors (Lipinski definition) is 3. The number of benzene rings is 1. The molecule has 0 fully saturated rings. The molecule has 1 aromatic rings. The molecule has 0 amide bonds. The molecule has 0 aromatic heterocycles. The van der Waals surface area contributed by atoms with Crippen LogP contribution in [0.25, 0.3) is 0 Å². The third-order valence-corrected chi connectivity index (χ3v) is 3.23.